The molecule has 1 aromatic rings. The molecule has 0 aliphatic carbocycles. The van der Waals surface area contributed by atoms with Gasteiger partial charge >= 0.3 is 12.6 Å². The summed E-state index contributed by atoms with van der Waals surface area (Å²) >= 11 is 0. The Morgan fingerprint density at radius 1 is 1.26 bits per heavy atom. The number of nitrogens with one attached hydrogen (secondary N) is 1. The Morgan fingerprint density at radius 3 is 2.68 bits per heavy atom. The van der Waals surface area contributed by atoms with Gasteiger partial charge in [-0.2, -0.15) is 8.78 Å². The quantitative estimate of drug-likeness (QED) is 0.677. The van der Waals surface area contributed by atoms with Gasteiger partial charge in [0.05, 0.1) is 5.69 Å². The average Bonchev–Trinajstić information content (AvgIpc) is 2.34. The van der Waals surface area contributed by atoms with E-state index in [4.69, 9.17) is 5.11 Å². The van der Waals surface area contributed by atoms with Gasteiger partial charge in [-0.05, 0) is 25.0 Å². The Bertz CT molecular complexity index is 399. The Labute approximate surface area is 110 Å². The first-order chi connectivity index (χ1) is 9.09. The van der Waals surface area contributed by atoms with E-state index in [1.54, 1.807) is 18.2 Å². The van der Waals surface area contributed by atoms with Crippen LogP contribution >= 0.6 is 0 Å². The molecule has 19 heavy (non-hydrogen) atoms. The summed E-state index contributed by atoms with van der Waals surface area (Å²) in [6.45, 7) is -2.26. The predicted molar refractivity (Wildman–Crippen MR) is 67.7 cm³/mol. The van der Waals surface area contributed by atoms with Gasteiger partial charge in [0.25, 0.3) is 0 Å². The molecule has 0 bridgehead atoms. The fourth-order valence-electron chi connectivity index (χ4n) is 1.61. The Morgan fingerprint density at radius 2 is 2.00 bits per heavy atom. The van der Waals surface area contributed by atoms with Crippen molar-refractivity contribution in [2.75, 3.05) is 11.9 Å². The molecular weight excluding hydrogens is 256 g/mol. The minimum atomic E-state index is -2.85. The summed E-state index contributed by atoms with van der Waals surface area (Å²) in [7, 11) is 0. The van der Waals surface area contributed by atoms with E-state index in [1.807, 2.05) is 0 Å². The highest BCUT2D eigenvalue weighted by Crippen LogP contribution is 2.25. The van der Waals surface area contributed by atoms with Crippen LogP contribution in [-0.4, -0.2) is 24.2 Å². The number of hydrogen-bond donors (Lipinski definition) is 2. The van der Waals surface area contributed by atoms with E-state index < -0.39 is 12.6 Å². The summed E-state index contributed by atoms with van der Waals surface area (Å²) in [4.78, 5) is 10.3. The summed E-state index contributed by atoms with van der Waals surface area (Å²) in [5, 5.41) is 11.5. The number of carbonyl (C=O) groups is 1. The fourth-order valence-corrected chi connectivity index (χ4v) is 1.61. The molecule has 0 atom stereocenters. The SMILES string of the molecule is O=C(O)CCCCCNc1ccccc1OC(F)F. The normalized spacial score (nSPS) is 10.5. The van der Waals surface area contributed by atoms with Crippen LogP contribution in [0.1, 0.15) is 25.7 Å². The molecule has 0 spiro atoms. The van der Waals surface area contributed by atoms with E-state index in [-0.39, 0.29) is 12.2 Å². The van der Waals surface area contributed by atoms with Crippen LogP contribution in [0.4, 0.5) is 14.5 Å². The van der Waals surface area contributed by atoms with Gasteiger partial charge < -0.3 is 15.2 Å². The number of aliphatic carboxylic acids is 1. The van der Waals surface area contributed by atoms with Gasteiger partial charge in [0.1, 0.15) is 5.75 Å². The van der Waals surface area contributed by atoms with Crippen LogP contribution in [0.5, 0.6) is 5.75 Å². The van der Waals surface area contributed by atoms with Crippen LogP contribution in [-0.2, 0) is 4.79 Å². The molecule has 0 aliphatic heterocycles. The van der Waals surface area contributed by atoms with Gasteiger partial charge in [0, 0.05) is 13.0 Å². The second-order valence-corrected chi connectivity index (χ2v) is 4.01. The molecule has 0 unspecified atom stereocenters. The lowest BCUT2D eigenvalue weighted by molar-refractivity contribution is -0.137. The number of anilines is 1. The molecule has 0 saturated heterocycles. The van der Waals surface area contributed by atoms with Crippen LogP contribution in [0.25, 0.3) is 0 Å². The number of unbranched alkanes of at least 4 members (excludes halogenated alkanes) is 2. The van der Waals surface area contributed by atoms with Crippen molar-refractivity contribution in [3.63, 3.8) is 0 Å². The lowest BCUT2D eigenvalue weighted by Crippen LogP contribution is -2.07. The lowest BCUT2D eigenvalue weighted by Gasteiger charge is -2.12. The van der Waals surface area contributed by atoms with Crippen molar-refractivity contribution in [1.29, 1.82) is 0 Å². The van der Waals surface area contributed by atoms with E-state index in [9.17, 15) is 13.6 Å². The molecule has 2 N–H and O–H groups in total. The van der Waals surface area contributed by atoms with Gasteiger partial charge in [0.15, 0.2) is 0 Å². The van der Waals surface area contributed by atoms with Crippen LogP contribution < -0.4 is 10.1 Å². The van der Waals surface area contributed by atoms with Gasteiger partial charge in [-0.3, -0.25) is 4.79 Å². The number of rotatable bonds is 9. The number of carboxylic acids is 1. The van der Waals surface area contributed by atoms with Crippen molar-refractivity contribution in [3.05, 3.63) is 24.3 Å². The zero-order valence-corrected chi connectivity index (χ0v) is 10.4. The third-order valence-electron chi connectivity index (χ3n) is 2.49. The van der Waals surface area contributed by atoms with Crippen molar-refractivity contribution in [1.82, 2.24) is 0 Å². The van der Waals surface area contributed by atoms with Crippen LogP contribution in [0.2, 0.25) is 0 Å². The zero-order valence-electron chi connectivity index (χ0n) is 10.4. The van der Waals surface area contributed by atoms with Crippen molar-refractivity contribution >= 4 is 11.7 Å². The Balaban J connectivity index is 2.30. The standard InChI is InChI=1S/C13H17F2NO3/c14-13(15)19-11-7-4-3-6-10(11)16-9-5-1-2-8-12(17)18/h3-4,6-7,13,16H,1-2,5,8-9H2,(H,17,18). The van der Waals surface area contributed by atoms with E-state index in [0.29, 0.717) is 18.7 Å². The number of ether oxygens (including phenoxy) is 1. The lowest BCUT2D eigenvalue weighted by atomic mass is 10.2. The third kappa shape index (κ3) is 6.59. The molecule has 0 saturated carbocycles. The molecular formula is C13H17F2NO3. The Hall–Kier alpha value is -1.85. The maximum atomic E-state index is 12.2. The monoisotopic (exact) mass is 273 g/mol. The molecule has 0 amide bonds. The number of hydrogen-bond acceptors (Lipinski definition) is 3. The van der Waals surface area contributed by atoms with Gasteiger partial charge in [0.2, 0.25) is 0 Å². The second kappa shape index (κ2) is 8.29. The summed E-state index contributed by atoms with van der Waals surface area (Å²) in [6.07, 6.45) is 2.32. The molecule has 0 fully saturated rings. The molecule has 1 rings (SSSR count). The van der Waals surface area contributed by atoms with Crippen molar-refractivity contribution in [3.8, 4) is 5.75 Å². The zero-order chi connectivity index (χ0) is 14.1. The van der Waals surface area contributed by atoms with Crippen molar-refractivity contribution in [2.45, 2.75) is 32.3 Å². The topological polar surface area (TPSA) is 58.6 Å². The minimum Gasteiger partial charge on any atom is -0.481 e. The first-order valence-electron chi connectivity index (χ1n) is 6.09. The maximum absolute atomic E-state index is 12.2. The highest BCUT2D eigenvalue weighted by molar-refractivity contribution is 5.66. The van der Waals surface area contributed by atoms with Crippen LogP contribution in [0.15, 0.2) is 24.3 Å². The number of para-hydroxylation sites is 2. The number of benzene rings is 1. The molecule has 0 aromatic heterocycles. The molecule has 0 radical (unpaired) electrons. The first-order valence-corrected chi connectivity index (χ1v) is 6.09. The van der Waals surface area contributed by atoms with Crippen molar-refractivity contribution < 1.29 is 23.4 Å². The molecule has 6 heteroatoms. The number of alkyl halides is 2. The second-order valence-electron chi connectivity index (χ2n) is 4.01. The smallest absolute Gasteiger partial charge is 0.387 e. The molecule has 1 aromatic carbocycles. The number of halogens is 2. The van der Waals surface area contributed by atoms with Gasteiger partial charge in [-0.15, -0.1) is 0 Å². The van der Waals surface area contributed by atoms with E-state index in [0.717, 1.165) is 12.8 Å². The predicted octanol–water partition coefficient (Wildman–Crippen LogP) is 3.34. The molecule has 0 heterocycles. The van der Waals surface area contributed by atoms with Gasteiger partial charge in [-0.1, -0.05) is 18.6 Å². The average molecular weight is 273 g/mol. The first kappa shape index (κ1) is 15.2. The summed E-state index contributed by atoms with van der Waals surface area (Å²) in [6, 6.07) is 6.48. The van der Waals surface area contributed by atoms with Crippen molar-refractivity contribution in [2.24, 2.45) is 0 Å². The summed E-state index contributed by atoms with van der Waals surface area (Å²) < 4.78 is 28.7. The summed E-state index contributed by atoms with van der Waals surface area (Å²) in [5.74, 6) is -0.688. The number of carboxylic acid groups (broad SMARTS) is 1. The molecule has 106 valence electrons. The van der Waals surface area contributed by atoms with Crippen LogP contribution in [0, 0.1) is 0 Å². The Kier molecular flexibility index (Phi) is 6.63. The fraction of sp³-hybridized carbons (Fsp3) is 0.462. The van der Waals surface area contributed by atoms with Gasteiger partial charge in [-0.25, -0.2) is 0 Å². The summed E-state index contributed by atoms with van der Waals surface area (Å²) in [5.41, 5.74) is 0.515. The maximum Gasteiger partial charge on any atom is 0.387 e. The third-order valence-corrected chi connectivity index (χ3v) is 2.49. The van der Waals surface area contributed by atoms with Crippen LogP contribution in [0.3, 0.4) is 0 Å². The largest absolute Gasteiger partial charge is 0.481 e. The van der Waals surface area contributed by atoms with E-state index in [1.165, 1.54) is 6.07 Å². The highest BCUT2D eigenvalue weighted by atomic mass is 19.3. The molecule has 4 nitrogen and oxygen atoms in total. The highest BCUT2D eigenvalue weighted by Gasteiger charge is 2.08. The van der Waals surface area contributed by atoms with E-state index in [2.05, 4.69) is 10.1 Å². The van der Waals surface area contributed by atoms with E-state index >= 15 is 0 Å². The minimum absolute atomic E-state index is 0.114. The molecule has 0 aliphatic rings.